The van der Waals surface area contributed by atoms with Gasteiger partial charge in [-0.25, -0.2) is 18.2 Å². The molecule has 154 valence electrons. The van der Waals surface area contributed by atoms with Crippen LogP contribution in [0.15, 0.2) is 24.4 Å². The standard InChI is InChI=1S/C17H13F6N5O/c1-15(2,17(21,22)23)29-14-10(18)5-8(7-24-14)11-3-4-12-25-26-13(28(12)27-11)9-6-16(9,19)20/h3-5,7,9H,6H2,1-2H3. The molecule has 6 nitrogen and oxygen atoms in total. The van der Waals surface area contributed by atoms with Crippen molar-refractivity contribution < 1.29 is 31.1 Å². The summed E-state index contributed by atoms with van der Waals surface area (Å²) < 4.78 is 85.6. The lowest BCUT2D eigenvalue weighted by Crippen LogP contribution is -2.45. The van der Waals surface area contributed by atoms with Crippen LogP contribution in [-0.2, 0) is 0 Å². The van der Waals surface area contributed by atoms with E-state index in [9.17, 15) is 26.3 Å². The van der Waals surface area contributed by atoms with Gasteiger partial charge in [0.15, 0.2) is 22.9 Å². The van der Waals surface area contributed by atoms with Gasteiger partial charge in [-0.1, -0.05) is 0 Å². The molecule has 1 fully saturated rings. The summed E-state index contributed by atoms with van der Waals surface area (Å²) in [7, 11) is 0. The predicted molar refractivity (Wildman–Crippen MR) is 87.0 cm³/mol. The molecule has 1 unspecified atom stereocenters. The van der Waals surface area contributed by atoms with E-state index in [4.69, 9.17) is 0 Å². The zero-order valence-corrected chi connectivity index (χ0v) is 15.0. The molecule has 4 rings (SSSR count). The molecular weight excluding hydrogens is 404 g/mol. The van der Waals surface area contributed by atoms with Crippen LogP contribution < -0.4 is 4.74 Å². The summed E-state index contributed by atoms with van der Waals surface area (Å²) in [5, 5.41) is 11.7. The molecule has 12 heteroatoms. The van der Waals surface area contributed by atoms with E-state index in [0.717, 1.165) is 30.6 Å². The number of alkyl halides is 5. The first-order valence-electron chi connectivity index (χ1n) is 8.41. The second-order valence-electron chi connectivity index (χ2n) is 7.19. The van der Waals surface area contributed by atoms with Crippen LogP contribution >= 0.6 is 0 Å². The van der Waals surface area contributed by atoms with Crippen molar-refractivity contribution in [3.8, 4) is 17.1 Å². The second-order valence-corrected chi connectivity index (χ2v) is 7.19. The molecule has 3 aromatic heterocycles. The molecule has 0 bridgehead atoms. The van der Waals surface area contributed by atoms with E-state index in [0.29, 0.717) is 0 Å². The Morgan fingerprint density at radius 1 is 1.17 bits per heavy atom. The highest BCUT2D eigenvalue weighted by molar-refractivity contribution is 5.60. The quantitative estimate of drug-likeness (QED) is 0.597. The van der Waals surface area contributed by atoms with Gasteiger partial charge in [0.2, 0.25) is 0 Å². The van der Waals surface area contributed by atoms with Crippen LogP contribution in [0.25, 0.3) is 16.9 Å². The molecule has 1 aliphatic carbocycles. The summed E-state index contributed by atoms with van der Waals surface area (Å²) in [5.74, 6) is -5.94. The summed E-state index contributed by atoms with van der Waals surface area (Å²) in [6, 6.07) is 3.79. The van der Waals surface area contributed by atoms with Crippen LogP contribution in [-0.4, -0.2) is 42.5 Å². The van der Waals surface area contributed by atoms with Gasteiger partial charge in [-0.15, -0.1) is 10.2 Å². The first-order chi connectivity index (χ1) is 13.4. The Balaban J connectivity index is 1.66. The van der Waals surface area contributed by atoms with Crippen LogP contribution in [0.5, 0.6) is 5.88 Å². The van der Waals surface area contributed by atoms with Crippen molar-refractivity contribution in [2.75, 3.05) is 0 Å². The van der Waals surface area contributed by atoms with Crippen molar-refractivity contribution in [3.05, 3.63) is 36.0 Å². The maximum atomic E-state index is 14.3. The normalized spacial score (nSPS) is 18.8. The van der Waals surface area contributed by atoms with Gasteiger partial charge in [0.1, 0.15) is 0 Å². The van der Waals surface area contributed by atoms with E-state index in [-0.39, 0.29) is 29.1 Å². The predicted octanol–water partition coefficient (Wildman–Crippen LogP) is 4.17. The van der Waals surface area contributed by atoms with Gasteiger partial charge in [0, 0.05) is 18.2 Å². The summed E-state index contributed by atoms with van der Waals surface area (Å²) >= 11 is 0. The van der Waals surface area contributed by atoms with Crippen LogP contribution in [0.1, 0.15) is 32.0 Å². The minimum absolute atomic E-state index is 0.0211. The zero-order valence-electron chi connectivity index (χ0n) is 15.0. The molecule has 3 heterocycles. The molecule has 3 aromatic rings. The molecule has 0 radical (unpaired) electrons. The number of nitrogens with zero attached hydrogens (tertiary/aromatic N) is 5. The summed E-state index contributed by atoms with van der Waals surface area (Å²) in [5.41, 5.74) is -2.15. The number of pyridine rings is 1. The van der Waals surface area contributed by atoms with Crippen molar-refractivity contribution in [3.63, 3.8) is 0 Å². The van der Waals surface area contributed by atoms with E-state index in [1.807, 2.05) is 0 Å². The van der Waals surface area contributed by atoms with Gasteiger partial charge >= 0.3 is 6.18 Å². The minimum Gasteiger partial charge on any atom is -0.460 e. The highest BCUT2D eigenvalue weighted by atomic mass is 19.4. The molecule has 1 atom stereocenters. The Morgan fingerprint density at radius 3 is 2.45 bits per heavy atom. The molecule has 0 amide bonds. The van der Waals surface area contributed by atoms with E-state index < -0.39 is 35.3 Å². The molecule has 0 spiro atoms. The number of hydrogen-bond acceptors (Lipinski definition) is 5. The van der Waals surface area contributed by atoms with Gasteiger partial charge in [-0.05, 0) is 32.0 Å². The summed E-state index contributed by atoms with van der Waals surface area (Å²) in [6.07, 6.45) is -4.02. The fraction of sp³-hybridized carbons (Fsp3) is 0.412. The SMILES string of the molecule is CC(C)(Oc1ncc(-c2ccc3nnc(C4CC4(F)F)n3n2)cc1F)C(F)(F)F. The van der Waals surface area contributed by atoms with Gasteiger partial charge in [0.05, 0.1) is 11.6 Å². The molecule has 1 aliphatic rings. The van der Waals surface area contributed by atoms with Crippen LogP contribution in [0.2, 0.25) is 0 Å². The maximum Gasteiger partial charge on any atom is 0.427 e. The fourth-order valence-corrected chi connectivity index (χ4v) is 2.61. The molecular formula is C17H13F6N5O. The Hall–Kier alpha value is -2.92. The largest absolute Gasteiger partial charge is 0.460 e. The number of rotatable bonds is 4. The monoisotopic (exact) mass is 417 g/mol. The number of fused-ring (bicyclic) bond motifs is 1. The zero-order chi connectivity index (χ0) is 21.2. The Kier molecular flexibility index (Phi) is 4.04. The molecule has 29 heavy (non-hydrogen) atoms. The third-order valence-electron chi connectivity index (χ3n) is 4.56. The second kappa shape index (κ2) is 6.04. The molecule has 0 saturated heterocycles. The lowest BCUT2D eigenvalue weighted by Gasteiger charge is -2.28. The minimum atomic E-state index is -4.73. The van der Waals surface area contributed by atoms with Crippen LogP contribution in [0.3, 0.4) is 0 Å². The topological polar surface area (TPSA) is 65.2 Å². The van der Waals surface area contributed by atoms with Gasteiger partial charge < -0.3 is 4.74 Å². The summed E-state index contributed by atoms with van der Waals surface area (Å²) in [4.78, 5) is 3.62. The van der Waals surface area contributed by atoms with Crippen molar-refractivity contribution in [2.45, 2.75) is 43.9 Å². The van der Waals surface area contributed by atoms with E-state index in [2.05, 4.69) is 25.0 Å². The lowest BCUT2D eigenvalue weighted by molar-refractivity contribution is -0.235. The number of aromatic nitrogens is 5. The highest BCUT2D eigenvalue weighted by Crippen LogP contribution is 2.55. The maximum absolute atomic E-state index is 14.3. The number of halogens is 6. The molecule has 1 saturated carbocycles. The van der Waals surface area contributed by atoms with Crippen molar-refractivity contribution in [2.24, 2.45) is 0 Å². The van der Waals surface area contributed by atoms with E-state index >= 15 is 0 Å². The Morgan fingerprint density at radius 2 is 1.86 bits per heavy atom. The first kappa shape index (κ1) is 19.4. The number of ether oxygens (including phenoxy) is 1. The highest BCUT2D eigenvalue weighted by Gasteiger charge is 2.60. The average molecular weight is 417 g/mol. The molecule has 0 aromatic carbocycles. The van der Waals surface area contributed by atoms with Crippen LogP contribution in [0, 0.1) is 5.82 Å². The average Bonchev–Trinajstić information content (AvgIpc) is 3.06. The van der Waals surface area contributed by atoms with Gasteiger partial charge in [0.25, 0.3) is 11.8 Å². The van der Waals surface area contributed by atoms with Crippen LogP contribution in [0.4, 0.5) is 26.3 Å². The first-order valence-corrected chi connectivity index (χ1v) is 8.41. The van der Waals surface area contributed by atoms with E-state index in [1.54, 1.807) is 0 Å². The Labute approximate surface area is 159 Å². The van der Waals surface area contributed by atoms with Gasteiger partial charge in [-0.2, -0.15) is 22.8 Å². The van der Waals surface area contributed by atoms with Crippen molar-refractivity contribution in [1.82, 2.24) is 24.8 Å². The summed E-state index contributed by atoms with van der Waals surface area (Å²) in [6.45, 7) is 1.50. The number of hydrogen-bond donors (Lipinski definition) is 0. The molecule has 0 N–H and O–H groups in total. The molecule has 0 aliphatic heterocycles. The fourth-order valence-electron chi connectivity index (χ4n) is 2.61. The third kappa shape index (κ3) is 3.36. The Bertz CT molecular complexity index is 1090. The van der Waals surface area contributed by atoms with Crippen molar-refractivity contribution >= 4 is 5.65 Å². The third-order valence-corrected chi connectivity index (χ3v) is 4.56. The van der Waals surface area contributed by atoms with Gasteiger partial charge in [-0.3, -0.25) is 0 Å². The van der Waals surface area contributed by atoms with E-state index in [1.165, 1.54) is 12.1 Å². The lowest BCUT2D eigenvalue weighted by atomic mass is 10.1. The smallest absolute Gasteiger partial charge is 0.427 e. The van der Waals surface area contributed by atoms with Crippen molar-refractivity contribution in [1.29, 1.82) is 0 Å².